The third kappa shape index (κ3) is 3.36. The molecular formula is C26H22FN3O4S3. The maximum absolute atomic E-state index is 13.8. The molecule has 37 heavy (non-hydrogen) atoms. The Morgan fingerprint density at radius 3 is 2.54 bits per heavy atom. The van der Waals surface area contributed by atoms with E-state index in [-0.39, 0.29) is 45.6 Å². The highest BCUT2D eigenvalue weighted by molar-refractivity contribution is 8.00. The van der Waals surface area contributed by atoms with Crippen LogP contribution in [0.5, 0.6) is 0 Å². The quantitative estimate of drug-likeness (QED) is 0.472. The Bertz CT molecular complexity index is 1480. The third-order valence-corrected chi connectivity index (χ3v) is 12.0. The molecule has 7 rings (SSSR count). The number of benzene rings is 1. The lowest BCUT2D eigenvalue weighted by atomic mass is 9.69. The standard InChI is InChI=1S/C26H22FN3O4S3/c1-10(22(31)28-12-6-4-11(27)5-7-12)30-24(32)17-13-9-14(18(17)25(30)33)20-16(13)19(15-3-2-8-35-15)21-23(36-20)29-26(34)37-21/h2-8,10,13-14,16-20H,9H2,1H3,(H,28,31)(H,29,34). The van der Waals surface area contributed by atoms with Gasteiger partial charge < -0.3 is 10.3 Å². The van der Waals surface area contributed by atoms with Crippen molar-refractivity contribution in [2.75, 3.05) is 5.32 Å². The van der Waals surface area contributed by atoms with E-state index in [4.69, 9.17) is 0 Å². The number of hydrogen-bond acceptors (Lipinski definition) is 7. The lowest BCUT2D eigenvalue weighted by Gasteiger charge is -2.42. The van der Waals surface area contributed by atoms with Crippen LogP contribution < -0.4 is 10.2 Å². The molecule has 2 aliphatic carbocycles. The van der Waals surface area contributed by atoms with Crippen LogP contribution in [0.3, 0.4) is 0 Å². The zero-order chi connectivity index (χ0) is 25.6. The van der Waals surface area contributed by atoms with Gasteiger partial charge in [0, 0.05) is 26.6 Å². The number of imide groups is 1. The topological polar surface area (TPSA) is 99.3 Å². The van der Waals surface area contributed by atoms with Crippen molar-refractivity contribution in [1.29, 1.82) is 0 Å². The molecule has 3 fully saturated rings. The van der Waals surface area contributed by atoms with Crippen LogP contribution in [-0.4, -0.2) is 38.9 Å². The zero-order valence-electron chi connectivity index (χ0n) is 19.6. The summed E-state index contributed by atoms with van der Waals surface area (Å²) >= 11 is 4.56. The molecule has 0 radical (unpaired) electrons. The van der Waals surface area contributed by atoms with Crippen molar-refractivity contribution in [1.82, 2.24) is 9.88 Å². The molecule has 190 valence electrons. The van der Waals surface area contributed by atoms with Gasteiger partial charge in [0.1, 0.15) is 11.9 Å². The van der Waals surface area contributed by atoms with Gasteiger partial charge in [-0.05, 0) is 66.8 Å². The number of thiophene rings is 1. The highest BCUT2D eigenvalue weighted by Gasteiger charge is 2.70. The second kappa shape index (κ2) is 8.37. The fraction of sp³-hybridized carbons (Fsp3) is 0.385. The summed E-state index contributed by atoms with van der Waals surface area (Å²) in [6, 6.07) is 8.49. The van der Waals surface area contributed by atoms with Crippen LogP contribution in [0.2, 0.25) is 0 Å². The molecule has 4 heterocycles. The summed E-state index contributed by atoms with van der Waals surface area (Å²) in [4.78, 5) is 59.0. The first kappa shape index (κ1) is 23.4. The molecule has 2 saturated carbocycles. The number of H-pyrrole nitrogens is 1. The number of nitrogens with zero attached hydrogens (tertiary/aromatic N) is 1. The maximum Gasteiger partial charge on any atom is 0.305 e. The van der Waals surface area contributed by atoms with Crippen LogP contribution in [-0.2, 0) is 14.4 Å². The Morgan fingerprint density at radius 2 is 1.84 bits per heavy atom. The molecule has 1 aromatic carbocycles. The van der Waals surface area contributed by atoms with E-state index in [1.807, 2.05) is 11.4 Å². The van der Waals surface area contributed by atoms with Gasteiger partial charge in [-0.15, -0.1) is 23.1 Å². The number of rotatable bonds is 4. The van der Waals surface area contributed by atoms with Crippen molar-refractivity contribution >= 4 is 57.8 Å². The predicted octanol–water partition coefficient (Wildman–Crippen LogP) is 4.14. The summed E-state index contributed by atoms with van der Waals surface area (Å²) in [5.41, 5.74) is 0.402. The Kier molecular flexibility index (Phi) is 5.29. The van der Waals surface area contributed by atoms with Crippen LogP contribution in [0, 0.1) is 35.4 Å². The van der Waals surface area contributed by atoms with Gasteiger partial charge >= 0.3 is 4.87 Å². The molecule has 8 atom stereocenters. The van der Waals surface area contributed by atoms with E-state index in [1.165, 1.54) is 40.5 Å². The summed E-state index contributed by atoms with van der Waals surface area (Å²) < 4.78 is 13.2. The molecule has 2 aliphatic heterocycles. The molecule has 2 N–H and O–H groups in total. The predicted molar refractivity (Wildman–Crippen MR) is 139 cm³/mol. The number of nitrogens with one attached hydrogen (secondary N) is 2. The highest BCUT2D eigenvalue weighted by Crippen LogP contribution is 2.68. The van der Waals surface area contributed by atoms with Crippen molar-refractivity contribution in [2.24, 2.45) is 29.6 Å². The number of likely N-dealkylation sites (tertiary alicyclic amines) is 1. The zero-order valence-corrected chi connectivity index (χ0v) is 22.0. The number of aromatic nitrogens is 1. The van der Waals surface area contributed by atoms with E-state index in [0.29, 0.717) is 5.69 Å². The number of fused-ring (bicyclic) bond motifs is 9. The molecule has 2 bridgehead atoms. The van der Waals surface area contributed by atoms with Gasteiger partial charge in [-0.2, -0.15) is 0 Å². The Hall–Kier alpha value is -2.76. The van der Waals surface area contributed by atoms with Crippen molar-refractivity contribution < 1.29 is 18.8 Å². The minimum atomic E-state index is -0.976. The fourth-order valence-electron chi connectivity index (χ4n) is 7.11. The Morgan fingerprint density at radius 1 is 1.11 bits per heavy atom. The summed E-state index contributed by atoms with van der Waals surface area (Å²) in [7, 11) is 0. The van der Waals surface area contributed by atoms with Gasteiger partial charge in [0.2, 0.25) is 17.7 Å². The third-order valence-electron chi connectivity index (χ3n) is 8.49. The van der Waals surface area contributed by atoms with Crippen molar-refractivity contribution in [3.05, 3.63) is 67.0 Å². The van der Waals surface area contributed by atoms with Gasteiger partial charge in [-0.3, -0.25) is 24.1 Å². The number of hydrogen-bond donors (Lipinski definition) is 2. The van der Waals surface area contributed by atoms with Crippen molar-refractivity contribution in [2.45, 2.75) is 35.6 Å². The minimum Gasteiger partial charge on any atom is -0.324 e. The molecule has 4 aliphatic rings. The normalized spacial score (nSPS) is 32.3. The van der Waals surface area contributed by atoms with Crippen LogP contribution in [0.15, 0.2) is 51.6 Å². The van der Waals surface area contributed by atoms with Gasteiger partial charge in [-0.1, -0.05) is 17.4 Å². The largest absolute Gasteiger partial charge is 0.324 e. The number of thioether (sulfide) groups is 1. The molecule has 1 saturated heterocycles. The average molecular weight is 556 g/mol. The molecule has 2 aromatic heterocycles. The monoisotopic (exact) mass is 555 g/mol. The molecule has 0 spiro atoms. The van der Waals surface area contributed by atoms with Gasteiger partial charge in [0.25, 0.3) is 0 Å². The second-order valence-electron chi connectivity index (χ2n) is 10.2. The Labute approximate surface area is 223 Å². The van der Waals surface area contributed by atoms with E-state index < -0.39 is 29.6 Å². The summed E-state index contributed by atoms with van der Waals surface area (Å²) in [6.45, 7) is 1.57. The van der Waals surface area contributed by atoms with Crippen LogP contribution in [0.1, 0.15) is 29.0 Å². The lowest BCUT2D eigenvalue weighted by Crippen LogP contribution is -2.46. The molecule has 11 heteroatoms. The highest BCUT2D eigenvalue weighted by atomic mass is 32.2. The number of carbonyl (C=O) groups is 3. The molecule has 7 nitrogen and oxygen atoms in total. The lowest BCUT2D eigenvalue weighted by molar-refractivity contribution is -0.146. The smallest absolute Gasteiger partial charge is 0.305 e. The number of anilines is 1. The minimum absolute atomic E-state index is 0.0119. The van der Waals surface area contributed by atoms with E-state index in [1.54, 1.807) is 30.0 Å². The SMILES string of the molecule is CC(C(=O)Nc1ccc(F)cc1)N1C(=O)C2C3CC(C2C1=O)C1C(c2cccs2)c2sc(=O)[nH]c2SC31. The van der Waals surface area contributed by atoms with Gasteiger partial charge in [0.05, 0.1) is 16.9 Å². The van der Waals surface area contributed by atoms with E-state index in [2.05, 4.69) is 16.4 Å². The first-order chi connectivity index (χ1) is 17.8. The van der Waals surface area contributed by atoms with Crippen molar-refractivity contribution in [3.63, 3.8) is 0 Å². The molecular weight excluding hydrogens is 534 g/mol. The van der Waals surface area contributed by atoms with Gasteiger partial charge in [0.15, 0.2) is 0 Å². The average Bonchev–Trinajstić information content (AvgIpc) is 3.68. The Balaban J connectivity index is 1.20. The number of amides is 3. The number of aromatic amines is 1. The number of thiazole rings is 1. The van der Waals surface area contributed by atoms with Crippen LogP contribution in [0.25, 0.3) is 0 Å². The number of carbonyl (C=O) groups excluding carboxylic acids is 3. The summed E-state index contributed by atoms with van der Waals surface area (Å²) in [6.07, 6.45) is 0.806. The van der Waals surface area contributed by atoms with Crippen LogP contribution in [0.4, 0.5) is 10.1 Å². The number of halogens is 1. The molecule has 3 amide bonds. The van der Waals surface area contributed by atoms with E-state index in [0.717, 1.165) is 21.2 Å². The fourth-order valence-corrected chi connectivity index (χ4v) is 11.0. The summed E-state index contributed by atoms with van der Waals surface area (Å²) in [5.74, 6) is -2.14. The first-order valence-electron chi connectivity index (χ1n) is 12.2. The summed E-state index contributed by atoms with van der Waals surface area (Å²) in [5, 5.41) is 5.74. The van der Waals surface area contributed by atoms with Crippen molar-refractivity contribution in [3.8, 4) is 0 Å². The molecule has 8 unspecified atom stereocenters. The second-order valence-corrected chi connectivity index (χ2v) is 13.4. The first-order valence-corrected chi connectivity index (χ1v) is 14.8. The maximum atomic E-state index is 13.8. The van der Waals surface area contributed by atoms with Crippen LogP contribution >= 0.6 is 34.4 Å². The molecule has 3 aromatic rings. The van der Waals surface area contributed by atoms with E-state index in [9.17, 15) is 23.6 Å². The van der Waals surface area contributed by atoms with E-state index >= 15 is 0 Å². The van der Waals surface area contributed by atoms with Gasteiger partial charge in [-0.25, -0.2) is 4.39 Å².